The Balaban J connectivity index is 1.52. The van der Waals surface area contributed by atoms with E-state index in [1.165, 1.54) is 23.7 Å². The lowest BCUT2D eigenvalue weighted by atomic mass is 10.1. The average molecular weight is 481 g/mol. The van der Waals surface area contributed by atoms with Crippen LogP contribution in [0.2, 0.25) is 10.0 Å². The van der Waals surface area contributed by atoms with Gasteiger partial charge in [-0.3, -0.25) is 10.1 Å². The van der Waals surface area contributed by atoms with E-state index < -0.39 is 5.91 Å². The number of benzene rings is 2. The van der Waals surface area contributed by atoms with Crippen LogP contribution in [0.3, 0.4) is 0 Å². The number of carbonyl (C=O) groups is 1. The molecule has 10 heteroatoms. The van der Waals surface area contributed by atoms with Crippen LogP contribution in [0, 0.1) is 11.3 Å². The third kappa shape index (κ3) is 5.03. The van der Waals surface area contributed by atoms with Gasteiger partial charge in [0.15, 0.2) is 5.13 Å². The Hall–Kier alpha value is -3.51. The predicted molar refractivity (Wildman–Crippen MR) is 125 cm³/mol. The third-order valence-corrected chi connectivity index (χ3v) is 5.93. The molecular formula is C22H14Cl2N6OS. The van der Waals surface area contributed by atoms with Gasteiger partial charge in [0, 0.05) is 33.1 Å². The van der Waals surface area contributed by atoms with Crippen molar-refractivity contribution in [1.29, 1.82) is 5.26 Å². The maximum Gasteiger partial charge on any atom is 0.268 e. The molecule has 0 aliphatic rings. The molecule has 0 unspecified atom stereocenters. The smallest absolute Gasteiger partial charge is 0.268 e. The first kappa shape index (κ1) is 21.7. The number of nitriles is 1. The predicted octanol–water partition coefficient (Wildman–Crippen LogP) is 5.17. The van der Waals surface area contributed by atoms with Crippen LogP contribution in [0.5, 0.6) is 0 Å². The minimum absolute atomic E-state index is 0.0628. The minimum atomic E-state index is -0.553. The molecule has 0 saturated heterocycles. The molecule has 0 bridgehead atoms. The second-order valence-electron chi connectivity index (χ2n) is 6.57. The maximum atomic E-state index is 12.7. The van der Waals surface area contributed by atoms with E-state index in [-0.39, 0.29) is 5.57 Å². The summed E-state index contributed by atoms with van der Waals surface area (Å²) in [6, 6.07) is 14.5. The van der Waals surface area contributed by atoms with E-state index in [0.29, 0.717) is 32.8 Å². The van der Waals surface area contributed by atoms with Crippen molar-refractivity contribution in [2.24, 2.45) is 0 Å². The molecular weight excluding hydrogens is 467 g/mol. The summed E-state index contributed by atoms with van der Waals surface area (Å²) in [7, 11) is 0. The fourth-order valence-electron chi connectivity index (χ4n) is 2.93. The number of thiazole rings is 1. The zero-order chi connectivity index (χ0) is 22.5. The van der Waals surface area contributed by atoms with Gasteiger partial charge in [0.25, 0.3) is 5.91 Å². The summed E-state index contributed by atoms with van der Waals surface area (Å²) in [5, 5.41) is 17.9. The molecule has 2 aromatic carbocycles. The van der Waals surface area contributed by atoms with Crippen molar-refractivity contribution in [1.82, 2.24) is 19.7 Å². The van der Waals surface area contributed by atoms with Crippen LogP contribution in [-0.4, -0.2) is 25.7 Å². The van der Waals surface area contributed by atoms with Gasteiger partial charge < -0.3 is 0 Å². The Kier molecular flexibility index (Phi) is 6.61. The molecule has 0 spiro atoms. The Labute approximate surface area is 197 Å². The lowest BCUT2D eigenvalue weighted by molar-refractivity contribution is -0.112. The number of nitrogens with zero attached hydrogens (tertiary/aromatic N) is 5. The van der Waals surface area contributed by atoms with Crippen molar-refractivity contribution in [3.8, 4) is 11.8 Å². The third-order valence-electron chi connectivity index (χ3n) is 4.41. The van der Waals surface area contributed by atoms with Gasteiger partial charge in [-0.15, -0.1) is 11.3 Å². The summed E-state index contributed by atoms with van der Waals surface area (Å²) in [5.41, 5.74) is 2.15. The highest BCUT2D eigenvalue weighted by molar-refractivity contribution is 7.15. The Morgan fingerprint density at radius 2 is 2.09 bits per heavy atom. The van der Waals surface area contributed by atoms with Gasteiger partial charge in [0.2, 0.25) is 0 Å². The Morgan fingerprint density at radius 3 is 2.88 bits per heavy atom. The van der Waals surface area contributed by atoms with Gasteiger partial charge in [0.05, 0.1) is 5.69 Å². The first-order chi connectivity index (χ1) is 15.5. The molecule has 0 aliphatic heterocycles. The fraction of sp³-hybridized carbons (Fsp3) is 0.0455. The van der Waals surface area contributed by atoms with Gasteiger partial charge in [0.1, 0.15) is 24.3 Å². The zero-order valence-corrected chi connectivity index (χ0v) is 18.7. The number of rotatable bonds is 6. The average Bonchev–Trinajstić information content (AvgIpc) is 3.47. The van der Waals surface area contributed by atoms with Crippen molar-refractivity contribution in [2.75, 3.05) is 5.32 Å². The lowest BCUT2D eigenvalue weighted by Gasteiger charge is -2.06. The molecule has 0 saturated carbocycles. The van der Waals surface area contributed by atoms with E-state index in [4.69, 9.17) is 23.2 Å². The molecule has 158 valence electrons. The molecule has 0 atom stereocenters. The van der Waals surface area contributed by atoms with Gasteiger partial charge in [-0.05, 0) is 35.9 Å². The zero-order valence-electron chi connectivity index (χ0n) is 16.4. The minimum Gasteiger partial charge on any atom is -0.297 e. The van der Waals surface area contributed by atoms with Crippen LogP contribution in [0.1, 0.15) is 16.0 Å². The lowest BCUT2D eigenvalue weighted by Crippen LogP contribution is -2.13. The van der Waals surface area contributed by atoms with Crippen LogP contribution in [0.15, 0.2) is 66.9 Å². The molecule has 4 rings (SSSR count). The van der Waals surface area contributed by atoms with Gasteiger partial charge in [-0.2, -0.15) is 10.4 Å². The molecule has 1 amide bonds. The molecule has 7 nitrogen and oxygen atoms in total. The van der Waals surface area contributed by atoms with E-state index in [1.807, 2.05) is 24.3 Å². The van der Waals surface area contributed by atoms with Crippen LogP contribution in [0.4, 0.5) is 5.13 Å². The van der Waals surface area contributed by atoms with Gasteiger partial charge >= 0.3 is 0 Å². The highest BCUT2D eigenvalue weighted by Crippen LogP contribution is 2.27. The highest BCUT2D eigenvalue weighted by atomic mass is 35.5. The molecule has 1 N–H and O–H groups in total. The molecule has 0 radical (unpaired) electrons. The number of anilines is 1. The maximum absolute atomic E-state index is 12.7. The normalized spacial score (nSPS) is 11.2. The number of hydrogen-bond acceptors (Lipinski definition) is 6. The van der Waals surface area contributed by atoms with E-state index >= 15 is 0 Å². The standard InChI is InChI=1S/C22H14Cl2N6OS/c23-17-5-6-19(24)15(8-17)9-18-11-27-22(32-18)29-21(31)16(10-25)7-14-3-1-2-4-20(14)30-13-26-12-28-30/h1-8,11-13H,9H2,(H,27,29,31). The van der Waals surface area contributed by atoms with Crippen molar-refractivity contribution in [3.05, 3.63) is 92.9 Å². The molecule has 4 aromatic rings. The van der Waals surface area contributed by atoms with Crippen molar-refractivity contribution >= 4 is 51.7 Å². The fourth-order valence-corrected chi connectivity index (χ4v) is 4.14. The van der Waals surface area contributed by atoms with E-state index in [2.05, 4.69) is 20.4 Å². The van der Waals surface area contributed by atoms with Crippen LogP contribution < -0.4 is 5.32 Å². The number of halogens is 2. The molecule has 0 fully saturated rings. The van der Waals surface area contributed by atoms with E-state index in [0.717, 1.165) is 10.4 Å². The largest absolute Gasteiger partial charge is 0.297 e. The van der Waals surface area contributed by atoms with Gasteiger partial charge in [-0.25, -0.2) is 14.6 Å². The van der Waals surface area contributed by atoms with E-state index in [1.54, 1.807) is 41.5 Å². The number of amides is 1. The molecule has 2 heterocycles. The number of carbonyl (C=O) groups excluding carboxylic acids is 1. The summed E-state index contributed by atoms with van der Waals surface area (Å²) < 4.78 is 1.56. The summed E-state index contributed by atoms with van der Waals surface area (Å²) >= 11 is 13.6. The SMILES string of the molecule is N#CC(=Cc1ccccc1-n1cncn1)C(=O)Nc1ncc(Cc2cc(Cl)ccc2Cl)s1. The van der Waals surface area contributed by atoms with Crippen molar-refractivity contribution < 1.29 is 4.79 Å². The second-order valence-corrected chi connectivity index (χ2v) is 8.53. The number of hydrogen-bond donors (Lipinski definition) is 1. The summed E-state index contributed by atoms with van der Waals surface area (Å²) in [6.07, 6.45) is 6.65. The summed E-state index contributed by atoms with van der Waals surface area (Å²) in [5.74, 6) is -0.553. The number of aromatic nitrogens is 4. The van der Waals surface area contributed by atoms with Crippen molar-refractivity contribution in [2.45, 2.75) is 6.42 Å². The highest BCUT2D eigenvalue weighted by Gasteiger charge is 2.14. The second kappa shape index (κ2) is 9.75. The number of nitrogens with one attached hydrogen (secondary N) is 1. The first-order valence-corrected chi connectivity index (χ1v) is 10.9. The molecule has 2 aromatic heterocycles. The van der Waals surface area contributed by atoms with Gasteiger partial charge in [-0.1, -0.05) is 41.4 Å². The van der Waals surface area contributed by atoms with Crippen LogP contribution >= 0.6 is 34.5 Å². The van der Waals surface area contributed by atoms with E-state index in [9.17, 15) is 10.1 Å². The monoisotopic (exact) mass is 480 g/mol. The molecule has 32 heavy (non-hydrogen) atoms. The molecule has 0 aliphatic carbocycles. The van der Waals surface area contributed by atoms with Crippen LogP contribution in [-0.2, 0) is 11.2 Å². The topological polar surface area (TPSA) is 96.5 Å². The van der Waals surface area contributed by atoms with Crippen LogP contribution in [0.25, 0.3) is 11.8 Å². The Bertz CT molecular complexity index is 1340. The number of para-hydroxylation sites is 1. The summed E-state index contributed by atoms with van der Waals surface area (Å²) in [4.78, 5) is 21.8. The quantitative estimate of drug-likeness (QED) is 0.303. The van der Waals surface area contributed by atoms with Crippen molar-refractivity contribution in [3.63, 3.8) is 0 Å². The first-order valence-electron chi connectivity index (χ1n) is 9.29. The Morgan fingerprint density at radius 1 is 1.25 bits per heavy atom. The summed E-state index contributed by atoms with van der Waals surface area (Å²) in [6.45, 7) is 0.